The van der Waals surface area contributed by atoms with Crippen LogP contribution in [-0.4, -0.2) is 49.5 Å². The minimum Gasteiger partial charge on any atom is -0.379 e. The molecule has 7 nitrogen and oxygen atoms in total. The third-order valence-corrected chi connectivity index (χ3v) is 7.59. The molecule has 0 spiro atoms. The van der Waals surface area contributed by atoms with Crippen LogP contribution in [0.15, 0.2) is 82.8 Å². The van der Waals surface area contributed by atoms with Gasteiger partial charge in [0.25, 0.3) is 5.91 Å². The summed E-state index contributed by atoms with van der Waals surface area (Å²) in [6.07, 6.45) is 2.41. The lowest BCUT2D eigenvalue weighted by Gasteiger charge is -2.27. The summed E-state index contributed by atoms with van der Waals surface area (Å²) >= 11 is 0. The van der Waals surface area contributed by atoms with E-state index in [1.165, 1.54) is 10.4 Å². The number of pyridine rings is 1. The molecular weight excluding hydrogens is 438 g/mol. The lowest BCUT2D eigenvalue weighted by atomic mass is 10.1. The first-order valence-corrected chi connectivity index (χ1v) is 12.4. The van der Waals surface area contributed by atoms with Gasteiger partial charge in [-0.3, -0.25) is 4.79 Å². The molecule has 4 rings (SSSR count). The predicted octanol–water partition coefficient (Wildman–Crippen LogP) is 2.86. The standard InChI is InChI=1S/C25H27N3O4S/c1-2-21-11-12-22(18-23(21)33(30,31)28-14-16-32-17-15-28)25(29)26-24-10-6-7-13-27(24)19-20-8-4-3-5-9-20/h3-13,18H,2,14-17,19H2,1H3. The van der Waals surface area contributed by atoms with Gasteiger partial charge in [0, 0.05) is 31.4 Å². The van der Waals surface area contributed by atoms with Crippen molar-refractivity contribution in [3.05, 3.63) is 95.1 Å². The van der Waals surface area contributed by atoms with Gasteiger partial charge >= 0.3 is 0 Å². The van der Waals surface area contributed by atoms with Gasteiger partial charge in [0.05, 0.1) is 18.1 Å². The van der Waals surface area contributed by atoms with Crippen LogP contribution < -0.4 is 5.49 Å². The summed E-state index contributed by atoms with van der Waals surface area (Å²) in [5, 5.41) is 0. The van der Waals surface area contributed by atoms with Crippen LogP contribution >= 0.6 is 0 Å². The van der Waals surface area contributed by atoms with Crippen molar-refractivity contribution in [2.24, 2.45) is 4.99 Å². The van der Waals surface area contributed by atoms with Crippen LogP contribution in [0.4, 0.5) is 0 Å². The Morgan fingerprint density at radius 2 is 1.73 bits per heavy atom. The Hall–Kier alpha value is -3.07. The number of hydrogen-bond donors (Lipinski definition) is 0. The van der Waals surface area contributed by atoms with Crippen molar-refractivity contribution in [3.63, 3.8) is 0 Å². The summed E-state index contributed by atoms with van der Waals surface area (Å²) in [5.41, 5.74) is 2.51. The molecule has 3 aromatic rings. The Kier molecular flexibility index (Phi) is 7.17. The number of sulfonamides is 1. The Labute approximate surface area is 194 Å². The SMILES string of the molecule is CCc1ccc(C(=O)N=c2ccccn2Cc2ccccc2)cc1S(=O)(=O)N1CCOCC1. The molecule has 0 bridgehead atoms. The lowest BCUT2D eigenvalue weighted by Crippen LogP contribution is -2.41. The van der Waals surface area contributed by atoms with Crippen molar-refractivity contribution >= 4 is 15.9 Å². The number of carbonyl (C=O) groups excluding carboxylic acids is 1. The van der Waals surface area contributed by atoms with Crippen molar-refractivity contribution in [3.8, 4) is 0 Å². The molecule has 0 aliphatic carbocycles. The average Bonchev–Trinajstić information content (AvgIpc) is 2.86. The van der Waals surface area contributed by atoms with Crippen molar-refractivity contribution in [2.45, 2.75) is 24.8 Å². The molecule has 0 atom stereocenters. The van der Waals surface area contributed by atoms with Gasteiger partial charge in [0.2, 0.25) is 10.0 Å². The fourth-order valence-electron chi connectivity index (χ4n) is 3.80. The van der Waals surface area contributed by atoms with Crippen molar-refractivity contribution in [1.29, 1.82) is 0 Å². The molecule has 2 aromatic carbocycles. The second kappa shape index (κ2) is 10.2. The second-order valence-corrected chi connectivity index (χ2v) is 9.69. The number of benzene rings is 2. The van der Waals surface area contributed by atoms with Gasteiger partial charge in [-0.15, -0.1) is 0 Å². The summed E-state index contributed by atoms with van der Waals surface area (Å²) < 4.78 is 35.2. The molecule has 8 heteroatoms. The van der Waals surface area contributed by atoms with Crippen LogP contribution in [0.3, 0.4) is 0 Å². The van der Waals surface area contributed by atoms with E-state index in [9.17, 15) is 13.2 Å². The smallest absolute Gasteiger partial charge is 0.278 e. The molecule has 1 fully saturated rings. The molecule has 1 saturated heterocycles. The van der Waals surface area contributed by atoms with Crippen LogP contribution in [-0.2, 0) is 27.7 Å². The topological polar surface area (TPSA) is 81.0 Å². The molecule has 0 unspecified atom stereocenters. The number of nitrogens with zero attached hydrogens (tertiary/aromatic N) is 3. The quantitative estimate of drug-likeness (QED) is 0.561. The predicted molar refractivity (Wildman–Crippen MR) is 125 cm³/mol. The molecule has 0 saturated carbocycles. The first-order valence-electron chi connectivity index (χ1n) is 11.0. The number of hydrogen-bond acceptors (Lipinski definition) is 4. The molecule has 1 aromatic heterocycles. The highest BCUT2D eigenvalue weighted by molar-refractivity contribution is 7.89. The van der Waals surface area contributed by atoms with Crippen LogP contribution in [0.25, 0.3) is 0 Å². The van der Waals surface area contributed by atoms with Crippen LogP contribution in [0.2, 0.25) is 0 Å². The van der Waals surface area contributed by atoms with Gasteiger partial charge in [0.1, 0.15) is 5.49 Å². The number of carbonyl (C=O) groups is 1. The molecule has 172 valence electrons. The van der Waals surface area contributed by atoms with E-state index in [0.717, 1.165) is 5.56 Å². The van der Waals surface area contributed by atoms with Crippen molar-refractivity contribution < 1.29 is 17.9 Å². The fourth-order valence-corrected chi connectivity index (χ4v) is 5.52. The molecule has 2 heterocycles. The third kappa shape index (κ3) is 5.30. The van der Waals surface area contributed by atoms with Gasteiger partial charge in [-0.2, -0.15) is 9.30 Å². The van der Waals surface area contributed by atoms with Gasteiger partial charge in [-0.05, 0) is 41.8 Å². The maximum absolute atomic E-state index is 13.3. The average molecular weight is 466 g/mol. The Morgan fingerprint density at radius 3 is 2.45 bits per heavy atom. The molecular formula is C25H27N3O4S. The normalized spacial score (nSPS) is 15.5. The van der Waals surface area contributed by atoms with E-state index in [4.69, 9.17) is 4.74 Å². The van der Waals surface area contributed by atoms with Gasteiger partial charge in [0.15, 0.2) is 0 Å². The molecule has 0 radical (unpaired) electrons. The lowest BCUT2D eigenvalue weighted by molar-refractivity contribution is 0.0730. The Bertz CT molecular complexity index is 1290. The van der Waals surface area contributed by atoms with Gasteiger partial charge in [-0.25, -0.2) is 8.42 Å². The van der Waals surface area contributed by atoms with E-state index < -0.39 is 15.9 Å². The number of rotatable bonds is 6. The van der Waals surface area contributed by atoms with E-state index in [2.05, 4.69) is 4.99 Å². The fraction of sp³-hybridized carbons (Fsp3) is 0.280. The first-order chi connectivity index (χ1) is 16.0. The molecule has 0 N–H and O–H groups in total. The molecule has 1 aliphatic heterocycles. The Balaban J connectivity index is 1.69. The molecule has 33 heavy (non-hydrogen) atoms. The zero-order valence-electron chi connectivity index (χ0n) is 18.6. The number of ether oxygens (including phenoxy) is 1. The second-order valence-electron chi connectivity index (χ2n) is 7.78. The number of aromatic nitrogens is 1. The summed E-state index contributed by atoms with van der Waals surface area (Å²) in [6.45, 7) is 3.80. The first kappa shape index (κ1) is 23.1. The third-order valence-electron chi connectivity index (χ3n) is 5.61. The minimum absolute atomic E-state index is 0.165. The highest BCUT2D eigenvalue weighted by atomic mass is 32.2. The number of morpholine rings is 1. The van der Waals surface area contributed by atoms with E-state index >= 15 is 0 Å². The van der Waals surface area contributed by atoms with Gasteiger partial charge in [-0.1, -0.05) is 49.4 Å². The minimum atomic E-state index is -3.73. The van der Waals surface area contributed by atoms with Gasteiger partial charge < -0.3 is 9.30 Å². The monoisotopic (exact) mass is 465 g/mol. The van der Waals surface area contributed by atoms with Crippen molar-refractivity contribution in [2.75, 3.05) is 26.3 Å². The van der Waals surface area contributed by atoms with E-state index in [1.54, 1.807) is 18.2 Å². The molecule has 1 aliphatic rings. The molecule has 1 amide bonds. The summed E-state index contributed by atoms with van der Waals surface area (Å²) in [5.74, 6) is -0.482. The van der Waals surface area contributed by atoms with E-state index in [-0.39, 0.29) is 10.5 Å². The Morgan fingerprint density at radius 1 is 1.00 bits per heavy atom. The summed E-state index contributed by atoms with van der Waals surface area (Å²) in [6, 6.07) is 20.2. The number of aryl methyl sites for hydroxylation is 1. The zero-order chi connectivity index (χ0) is 23.3. The highest BCUT2D eigenvalue weighted by Gasteiger charge is 2.29. The number of amides is 1. The maximum Gasteiger partial charge on any atom is 0.278 e. The van der Waals surface area contributed by atoms with Crippen LogP contribution in [0.5, 0.6) is 0 Å². The van der Waals surface area contributed by atoms with E-state index in [0.29, 0.717) is 50.3 Å². The van der Waals surface area contributed by atoms with Crippen LogP contribution in [0, 0.1) is 0 Å². The van der Waals surface area contributed by atoms with Crippen molar-refractivity contribution in [1.82, 2.24) is 8.87 Å². The van der Waals surface area contributed by atoms with E-state index in [1.807, 2.05) is 60.2 Å². The van der Waals surface area contributed by atoms with Crippen LogP contribution in [0.1, 0.15) is 28.4 Å². The maximum atomic E-state index is 13.3. The largest absolute Gasteiger partial charge is 0.379 e. The highest BCUT2D eigenvalue weighted by Crippen LogP contribution is 2.24. The zero-order valence-corrected chi connectivity index (χ0v) is 19.4. The summed E-state index contributed by atoms with van der Waals surface area (Å²) in [7, 11) is -3.73. The summed E-state index contributed by atoms with van der Waals surface area (Å²) in [4.78, 5) is 17.5.